The van der Waals surface area contributed by atoms with Crippen LogP contribution >= 0.6 is 23.2 Å². The first kappa shape index (κ1) is 21.3. The maximum atomic E-state index is 12.4. The van der Waals surface area contributed by atoms with Crippen molar-refractivity contribution in [2.45, 2.75) is 51.0 Å². The molecule has 0 saturated carbocycles. The summed E-state index contributed by atoms with van der Waals surface area (Å²) in [7, 11) is -3.58. The number of rotatable bonds is 4. The third-order valence-electron chi connectivity index (χ3n) is 3.76. The van der Waals surface area contributed by atoms with E-state index in [0.29, 0.717) is 35.0 Å². The van der Waals surface area contributed by atoms with Crippen molar-refractivity contribution in [3.63, 3.8) is 0 Å². The lowest BCUT2D eigenvalue weighted by atomic mass is 10.1. The first-order valence-corrected chi connectivity index (χ1v) is 10.8. The molecule has 0 aromatic heterocycles. The molecule has 1 amide bonds. The molecule has 1 heterocycles. The van der Waals surface area contributed by atoms with Gasteiger partial charge in [0, 0.05) is 19.1 Å². The van der Waals surface area contributed by atoms with Crippen molar-refractivity contribution in [2.75, 3.05) is 13.1 Å². The highest BCUT2D eigenvalue weighted by atomic mass is 35.5. The second kappa shape index (κ2) is 8.33. The molecule has 2 rings (SSSR count). The quantitative estimate of drug-likeness (QED) is 0.799. The molecule has 1 aliphatic heterocycles. The van der Waals surface area contributed by atoms with E-state index in [1.807, 2.05) is 0 Å². The van der Waals surface area contributed by atoms with Crippen LogP contribution in [0.15, 0.2) is 18.2 Å². The van der Waals surface area contributed by atoms with Gasteiger partial charge in [0.2, 0.25) is 10.0 Å². The van der Waals surface area contributed by atoms with Gasteiger partial charge in [-0.2, -0.15) is 0 Å². The average molecular weight is 423 g/mol. The van der Waals surface area contributed by atoms with Gasteiger partial charge in [0.05, 0.1) is 15.8 Å². The number of nitrogens with one attached hydrogen (secondary N) is 1. The third kappa shape index (κ3) is 6.61. The molecule has 1 aromatic rings. The molecule has 1 fully saturated rings. The summed E-state index contributed by atoms with van der Waals surface area (Å²) in [6.45, 7) is 6.24. The van der Waals surface area contributed by atoms with Gasteiger partial charge in [0.15, 0.2) is 0 Å². The molecule has 9 heteroatoms. The van der Waals surface area contributed by atoms with Crippen LogP contribution in [0.25, 0.3) is 0 Å². The molecular formula is C17H24Cl2N2O4S. The Kier molecular flexibility index (Phi) is 6.82. The summed E-state index contributed by atoms with van der Waals surface area (Å²) in [6.07, 6.45) is 0.949. The molecule has 26 heavy (non-hydrogen) atoms. The Morgan fingerprint density at radius 3 is 2.62 bits per heavy atom. The van der Waals surface area contributed by atoms with Gasteiger partial charge < -0.3 is 9.64 Å². The van der Waals surface area contributed by atoms with E-state index in [0.717, 1.165) is 0 Å². The fraction of sp³-hybridized carbons (Fsp3) is 0.588. The second-order valence-electron chi connectivity index (χ2n) is 7.39. The third-order valence-corrected chi connectivity index (χ3v) is 5.90. The van der Waals surface area contributed by atoms with E-state index in [4.69, 9.17) is 27.9 Å². The van der Waals surface area contributed by atoms with Gasteiger partial charge in [0.25, 0.3) is 0 Å². The van der Waals surface area contributed by atoms with Gasteiger partial charge in [-0.1, -0.05) is 29.3 Å². The second-order valence-corrected chi connectivity index (χ2v) is 9.96. The first-order valence-electron chi connectivity index (χ1n) is 8.37. The van der Waals surface area contributed by atoms with E-state index in [1.165, 1.54) is 6.07 Å². The van der Waals surface area contributed by atoms with E-state index in [9.17, 15) is 13.2 Å². The fourth-order valence-electron chi connectivity index (χ4n) is 2.71. The standard InChI is InChI=1S/C17H24Cl2N2O4S/c1-17(2,3)25-16(22)21-8-4-5-13(10-21)20-26(23,24)11-12-6-7-14(18)15(19)9-12/h6-7,9,13,20H,4-5,8,10-11H2,1-3H3. The minimum Gasteiger partial charge on any atom is -0.444 e. The zero-order valence-corrected chi connectivity index (χ0v) is 17.4. The van der Waals surface area contributed by atoms with Crippen LogP contribution in [0.2, 0.25) is 10.0 Å². The highest BCUT2D eigenvalue weighted by Crippen LogP contribution is 2.23. The van der Waals surface area contributed by atoms with Crippen molar-refractivity contribution in [2.24, 2.45) is 0 Å². The van der Waals surface area contributed by atoms with Gasteiger partial charge in [-0.15, -0.1) is 0 Å². The van der Waals surface area contributed by atoms with E-state index in [2.05, 4.69) is 4.72 Å². The highest BCUT2D eigenvalue weighted by Gasteiger charge is 2.29. The van der Waals surface area contributed by atoms with Crippen molar-refractivity contribution in [3.8, 4) is 0 Å². The van der Waals surface area contributed by atoms with Crippen LogP contribution in [0.3, 0.4) is 0 Å². The molecule has 0 aliphatic carbocycles. The van der Waals surface area contributed by atoms with Crippen LogP contribution in [0.4, 0.5) is 4.79 Å². The monoisotopic (exact) mass is 422 g/mol. The predicted octanol–water partition coefficient (Wildman–Crippen LogP) is 3.81. The summed E-state index contributed by atoms with van der Waals surface area (Å²) in [6, 6.07) is 4.39. The number of piperidine rings is 1. The van der Waals surface area contributed by atoms with Crippen molar-refractivity contribution < 1.29 is 17.9 Å². The summed E-state index contributed by atoms with van der Waals surface area (Å²) < 4.78 is 32.9. The molecular weight excluding hydrogens is 399 g/mol. The Morgan fingerprint density at radius 2 is 2.00 bits per heavy atom. The number of carbonyl (C=O) groups is 1. The van der Waals surface area contributed by atoms with Gasteiger partial charge in [0.1, 0.15) is 5.60 Å². The molecule has 0 bridgehead atoms. The molecule has 6 nitrogen and oxygen atoms in total. The van der Waals surface area contributed by atoms with Crippen LogP contribution in [0, 0.1) is 0 Å². The smallest absolute Gasteiger partial charge is 0.410 e. The van der Waals surface area contributed by atoms with Gasteiger partial charge >= 0.3 is 6.09 Å². The number of nitrogens with zero attached hydrogens (tertiary/aromatic N) is 1. The lowest BCUT2D eigenvalue weighted by molar-refractivity contribution is 0.0195. The Bertz CT molecular complexity index is 763. The van der Waals surface area contributed by atoms with Crippen molar-refractivity contribution in [3.05, 3.63) is 33.8 Å². The molecule has 1 saturated heterocycles. The Labute approximate surface area is 164 Å². The summed E-state index contributed by atoms with van der Waals surface area (Å²) in [5.74, 6) is -0.202. The SMILES string of the molecule is CC(C)(C)OC(=O)N1CCCC(NS(=O)(=O)Cc2ccc(Cl)c(Cl)c2)C1. The Hall–Kier alpha value is -1.02. The zero-order chi connectivity index (χ0) is 19.5. The Balaban J connectivity index is 1.97. The number of carbonyl (C=O) groups excluding carboxylic acids is 1. The number of likely N-dealkylation sites (tertiary alicyclic amines) is 1. The van der Waals surface area contributed by atoms with Crippen molar-refractivity contribution in [1.29, 1.82) is 0 Å². The minimum atomic E-state index is -3.58. The number of hydrogen-bond donors (Lipinski definition) is 1. The van der Waals surface area contributed by atoms with Gasteiger partial charge in [-0.25, -0.2) is 17.9 Å². The van der Waals surface area contributed by atoms with E-state index < -0.39 is 21.7 Å². The minimum absolute atomic E-state index is 0.202. The molecule has 0 spiro atoms. The molecule has 1 N–H and O–H groups in total. The number of hydrogen-bond acceptors (Lipinski definition) is 4. The lowest BCUT2D eigenvalue weighted by Crippen LogP contribution is -2.50. The van der Waals surface area contributed by atoms with Crippen LogP contribution in [-0.4, -0.2) is 44.1 Å². The maximum Gasteiger partial charge on any atom is 0.410 e. The predicted molar refractivity (Wildman–Crippen MR) is 103 cm³/mol. The molecule has 1 aromatic carbocycles. The fourth-order valence-corrected chi connectivity index (χ4v) is 4.43. The van der Waals surface area contributed by atoms with Gasteiger partial charge in [-0.05, 0) is 51.3 Å². The normalized spacial score (nSPS) is 18.7. The molecule has 1 unspecified atom stereocenters. The molecule has 1 aliphatic rings. The number of halogens is 2. The first-order chi connectivity index (χ1) is 12.0. The van der Waals surface area contributed by atoms with Crippen LogP contribution in [0.5, 0.6) is 0 Å². The van der Waals surface area contributed by atoms with Crippen LogP contribution < -0.4 is 4.72 Å². The number of amides is 1. The molecule has 0 radical (unpaired) electrons. The van der Waals surface area contributed by atoms with E-state index in [-0.39, 0.29) is 18.3 Å². The summed E-state index contributed by atoms with van der Waals surface area (Å²) in [5.41, 5.74) is -0.0381. The highest BCUT2D eigenvalue weighted by molar-refractivity contribution is 7.88. The average Bonchev–Trinajstić information content (AvgIpc) is 2.49. The summed E-state index contributed by atoms with van der Waals surface area (Å²) in [5, 5.41) is 0.689. The molecule has 146 valence electrons. The van der Waals surface area contributed by atoms with E-state index in [1.54, 1.807) is 37.8 Å². The zero-order valence-electron chi connectivity index (χ0n) is 15.1. The number of sulfonamides is 1. The van der Waals surface area contributed by atoms with Crippen molar-refractivity contribution >= 4 is 39.3 Å². The summed E-state index contributed by atoms with van der Waals surface area (Å²) >= 11 is 11.8. The maximum absolute atomic E-state index is 12.4. The van der Waals surface area contributed by atoms with Crippen LogP contribution in [-0.2, 0) is 20.5 Å². The summed E-state index contributed by atoms with van der Waals surface area (Å²) in [4.78, 5) is 13.7. The number of ether oxygens (including phenoxy) is 1. The molecule has 1 atom stereocenters. The topological polar surface area (TPSA) is 75.7 Å². The van der Waals surface area contributed by atoms with E-state index >= 15 is 0 Å². The van der Waals surface area contributed by atoms with Crippen molar-refractivity contribution in [1.82, 2.24) is 9.62 Å². The lowest BCUT2D eigenvalue weighted by Gasteiger charge is -2.34. The van der Waals surface area contributed by atoms with Gasteiger partial charge in [-0.3, -0.25) is 0 Å². The largest absolute Gasteiger partial charge is 0.444 e. The number of benzene rings is 1. The van der Waals surface area contributed by atoms with Crippen LogP contribution in [0.1, 0.15) is 39.2 Å². The Morgan fingerprint density at radius 1 is 1.31 bits per heavy atom.